The summed E-state index contributed by atoms with van der Waals surface area (Å²) in [6, 6.07) is 4.07. The van der Waals surface area contributed by atoms with E-state index >= 15 is 0 Å². The Hall–Kier alpha value is -4.72. The number of carbonyl (C=O) groups is 6. The number of rotatable bonds is 29. The van der Waals surface area contributed by atoms with Gasteiger partial charge in [-0.15, -0.1) is 0 Å². The van der Waals surface area contributed by atoms with Crippen molar-refractivity contribution in [2.24, 2.45) is 11.7 Å². The maximum atomic E-state index is 14.2. The molecule has 3 rings (SSSR count). The maximum Gasteiger partial charge on any atom is 0.469 e. The number of amides is 6. The van der Waals surface area contributed by atoms with E-state index in [1.807, 2.05) is 47.5 Å². The fourth-order valence-corrected chi connectivity index (χ4v) is 8.39. The molecular formula is C44H72N8O12P+. The van der Waals surface area contributed by atoms with E-state index < -0.39 is 86.4 Å². The van der Waals surface area contributed by atoms with Gasteiger partial charge in [-0.25, -0.2) is 13.7 Å². The van der Waals surface area contributed by atoms with Gasteiger partial charge in [0.05, 0.1) is 31.9 Å². The molecule has 1 aromatic heterocycles. The van der Waals surface area contributed by atoms with Crippen LogP contribution in [0, 0.1) is 5.92 Å². The van der Waals surface area contributed by atoms with E-state index in [9.17, 15) is 53.3 Å². The van der Waals surface area contributed by atoms with Crippen LogP contribution in [-0.2, 0) is 63.8 Å². The van der Waals surface area contributed by atoms with E-state index in [1.54, 1.807) is 6.20 Å². The lowest BCUT2D eigenvalue weighted by atomic mass is 10.0. The van der Waals surface area contributed by atoms with Gasteiger partial charge in [-0.2, -0.15) is 0 Å². The summed E-state index contributed by atoms with van der Waals surface area (Å²) in [5.74, 6) is -4.45. The summed E-state index contributed by atoms with van der Waals surface area (Å²) in [7, 11) is -5.08. The maximum absolute atomic E-state index is 14.2. The lowest BCUT2D eigenvalue weighted by Crippen LogP contribution is -2.59. The first kappa shape index (κ1) is 54.6. The summed E-state index contributed by atoms with van der Waals surface area (Å²) < 4.78 is 19.8. The molecule has 2 aromatic rings. The molecule has 0 aliphatic carbocycles. The van der Waals surface area contributed by atoms with Gasteiger partial charge in [0.15, 0.2) is 0 Å². The van der Waals surface area contributed by atoms with Crippen LogP contribution in [0.5, 0.6) is 0 Å². The molecule has 0 unspecified atom stereocenters. The number of nitrogens with one attached hydrogen (secondary N) is 4. The molecule has 0 bridgehead atoms. The Labute approximate surface area is 381 Å². The van der Waals surface area contributed by atoms with Crippen LogP contribution in [0.3, 0.4) is 0 Å². The number of benzene rings is 1. The molecule has 1 saturated heterocycles. The number of hydrogen-bond acceptors (Lipinski definition) is 10. The number of nitrogens with zero attached hydrogens (tertiary/aromatic N) is 3. The lowest BCUT2D eigenvalue weighted by Gasteiger charge is -2.28. The molecule has 1 aliphatic heterocycles. The van der Waals surface area contributed by atoms with Crippen molar-refractivity contribution in [1.82, 2.24) is 30.7 Å². The first-order chi connectivity index (χ1) is 30.7. The summed E-state index contributed by atoms with van der Waals surface area (Å²) >= 11 is 0. The van der Waals surface area contributed by atoms with Crippen LogP contribution in [0.15, 0.2) is 42.9 Å². The number of aliphatic hydroxyl groups excluding tert-OH is 2. The van der Waals surface area contributed by atoms with Crippen LogP contribution in [0.4, 0.5) is 0 Å². The van der Waals surface area contributed by atoms with Crippen LogP contribution in [0.2, 0.25) is 0 Å². The van der Waals surface area contributed by atoms with Crippen LogP contribution in [0.25, 0.3) is 0 Å². The lowest BCUT2D eigenvalue weighted by molar-refractivity contribution is -0.697. The van der Waals surface area contributed by atoms with Crippen molar-refractivity contribution in [1.29, 1.82) is 0 Å². The topological polar surface area (TPSA) is 296 Å². The molecule has 65 heavy (non-hydrogen) atoms. The van der Waals surface area contributed by atoms with Crippen molar-refractivity contribution >= 4 is 43.3 Å². The van der Waals surface area contributed by atoms with Gasteiger partial charge in [-0.05, 0) is 70.3 Å². The van der Waals surface area contributed by atoms with Crippen molar-refractivity contribution in [3.63, 3.8) is 0 Å². The van der Waals surface area contributed by atoms with E-state index in [0.717, 1.165) is 51.9 Å². The zero-order valence-electron chi connectivity index (χ0n) is 38.4. The molecule has 364 valence electrons. The number of carbonyl (C=O) groups excluding carboxylic acids is 6. The largest absolute Gasteiger partial charge is 0.469 e. The second-order valence-corrected chi connectivity index (χ2v) is 18.6. The van der Waals surface area contributed by atoms with Crippen LogP contribution < -0.4 is 31.6 Å². The molecule has 21 heteroatoms. The number of nitrogens with two attached hydrogens (primary N) is 1. The zero-order chi connectivity index (χ0) is 48.3. The second kappa shape index (κ2) is 27.0. The fraction of sp³-hybridized carbons (Fsp3) is 0.659. The first-order valence-electron chi connectivity index (χ1n) is 22.6. The molecule has 20 nitrogen and oxygen atoms in total. The smallest absolute Gasteiger partial charge is 0.394 e. The number of aryl methyl sites for hydroxylation is 3. The van der Waals surface area contributed by atoms with Crippen molar-refractivity contribution in [2.75, 3.05) is 13.2 Å². The van der Waals surface area contributed by atoms with E-state index in [0.29, 0.717) is 38.2 Å². The highest BCUT2D eigenvalue weighted by molar-refractivity contribution is 7.46. The Morgan fingerprint density at radius 3 is 2.15 bits per heavy atom. The minimum atomic E-state index is -5.08. The molecule has 1 fully saturated rings. The average Bonchev–Trinajstić information content (AvgIpc) is 3.89. The second-order valence-electron chi connectivity index (χ2n) is 17.4. The first-order valence-corrected chi connectivity index (χ1v) is 24.1. The summed E-state index contributed by atoms with van der Waals surface area (Å²) in [6.07, 6.45) is 9.52. The standard InChI is InChI=1S/C44H71N8O12P/c1-29(2)24-36(48-44(60)38-19-15-22-52(38)32(5)54)43(59)47-37(42(58)46-30(3)41(57)49-39(40(45)56)31(4)64-65(61,62)63)25-34-26-50(23-20-35(55)27-53)28-51(34)21-14-9-7-6-8-11-16-33-17-12-10-13-18-33/h10,12-13,17-18,26,28-31,35-39,53,55H,6-9,11,14-16,19-25,27H2,1-5H3,(H7-,45,46,47,48,49,56,57,58,59,60,61,62,63)/p+1/t30-,31+,35+,36-,37-,38-,39-/m0/s1. The average molecular weight is 936 g/mol. The highest BCUT2D eigenvalue weighted by Crippen LogP contribution is 2.38. The van der Waals surface area contributed by atoms with Gasteiger partial charge in [0, 0.05) is 26.3 Å². The van der Waals surface area contributed by atoms with E-state index in [2.05, 4.69) is 37.9 Å². The summed E-state index contributed by atoms with van der Waals surface area (Å²) in [5, 5.41) is 30.0. The quantitative estimate of drug-likeness (QED) is 0.0309. The summed E-state index contributed by atoms with van der Waals surface area (Å²) in [4.78, 5) is 99.8. The third-order valence-electron chi connectivity index (χ3n) is 11.3. The number of likely N-dealkylation sites (tertiary alicyclic amines) is 1. The van der Waals surface area contributed by atoms with Crippen molar-refractivity contribution in [3.05, 3.63) is 54.1 Å². The highest BCUT2D eigenvalue weighted by Gasteiger charge is 2.37. The Morgan fingerprint density at radius 2 is 1.54 bits per heavy atom. The predicted octanol–water partition coefficient (Wildman–Crippen LogP) is 0.644. The SMILES string of the molecule is CC(=O)N1CCC[C@H]1C(=O)N[C@@H](CC(C)C)C(=O)N[C@@H](Cc1c[n+](CC[C@@H](O)CO)cn1CCCCCCCCc1ccccc1)C(=O)N[C@@H](C)C(=O)N[C@H](C(N)=O)[C@@H](C)OP(=O)(O)O. The molecule has 1 aliphatic rings. The Bertz CT molecular complexity index is 1910. The zero-order valence-corrected chi connectivity index (χ0v) is 39.3. The van der Waals surface area contributed by atoms with Crippen LogP contribution >= 0.6 is 7.82 Å². The molecule has 0 radical (unpaired) electrons. The van der Waals surface area contributed by atoms with Gasteiger partial charge >= 0.3 is 7.82 Å². The monoisotopic (exact) mass is 936 g/mol. The summed E-state index contributed by atoms with van der Waals surface area (Å²) in [5.41, 5.74) is 7.34. The van der Waals surface area contributed by atoms with Gasteiger partial charge in [0.2, 0.25) is 41.8 Å². The number of aliphatic hydroxyl groups is 2. The number of phosphoric acid groups is 1. The fourth-order valence-electron chi connectivity index (χ4n) is 7.83. The van der Waals surface area contributed by atoms with E-state index in [4.69, 9.17) is 5.73 Å². The normalized spacial score (nSPS) is 16.8. The van der Waals surface area contributed by atoms with E-state index in [-0.39, 0.29) is 31.1 Å². The molecule has 6 amide bonds. The summed E-state index contributed by atoms with van der Waals surface area (Å²) in [6.45, 7) is 8.40. The number of imidazole rings is 1. The van der Waals surface area contributed by atoms with Crippen LogP contribution in [0.1, 0.15) is 110 Å². The number of primary amides is 1. The molecule has 1 aromatic carbocycles. The van der Waals surface area contributed by atoms with Crippen molar-refractivity contribution in [2.45, 2.75) is 167 Å². The van der Waals surface area contributed by atoms with Crippen molar-refractivity contribution < 1.29 is 62.4 Å². The van der Waals surface area contributed by atoms with Crippen LogP contribution in [-0.4, -0.2) is 120 Å². The molecule has 10 N–H and O–H groups in total. The Morgan fingerprint density at radius 1 is 0.892 bits per heavy atom. The van der Waals surface area contributed by atoms with Gasteiger partial charge in [0.1, 0.15) is 42.1 Å². The number of hydrogen-bond donors (Lipinski definition) is 9. The third-order valence-corrected chi connectivity index (χ3v) is 11.9. The third kappa shape index (κ3) is 19.3. The molecule has 2 heterocycles. The molecule has 0 spiro atoms. The molecule has 0 saturated carbocycles. The minimum Gasteiger partial charge on any atom is -0.394 e. The number of phosphoric ester groups is 1. The van der Waals surface area contributed by atoms with Gasteiger partial charge in [0.25, 0.3) is 0 Å². The number of aromatic nitrogens is 2. The van der Waals surface area contributed by atoms with Gasteiger partial charge in [-0.3, -0.25) is 33.3 Å². The van der Waals surface area contributed by atoms with E-state index in [1.165, 1.54) is 24.3 Å². The molecule has 7 atom stereocenters. The Balaban J connectivity index is 1.87. The van der Waals surface area contributed by atoms with Crippen molar-refractivity contribution in [3.8, 4) is 0 Å². The highest BCUT2D eigenvalue weighted by atomic mass is 31.2. The van der Waals surface area contributed by atoms with Gasteiger partial charge < -0.3 is 51.9 Å². The van der Waals surface area contributed by atoms with Gasteiger partial charge in [-0.1, -0.05) is 63.4 Å². The number of unbranched alkanes of at least 4 members (excludes halogenated alkanes) is 5. The predicted molar refractivity (Wildman–Crippen MR) is 239 cm³/mol. The molecular weight excluding hydrogens is 864 g/mol. The Kier molecular flexibility index (Phi) is 22.7. The minimum absolute atomic E-state index is 0.0843.